The number of ether oxygens (including phenoxy) is 1. The summed E-state index contributed by atoms with van der Waals surface area (Å²) in [6.07, 6.45) is -0.574. The van der Waals surface area contributed by atoms with E-state index in [4.69, 9.17) is 4.74 Å². The summed E-state index contributed by atoms with van der Waals surface area (Å²) in [5.41, 5.74) is 0.646. The van der Waals surface area contributed by atoms with Gasteiger partial charge in [0.25, 0.3) is 5.91 Å². The van der Waals surface area contributed by atoms with Gasteiger partial charge in [-0.15, -0.1) is 0 Å². The van der Waals surface area contributed by atoms with E-state index < -0.39 is 6.10 Å². The molecule has 0 spiro atoms. The Bertz CT molecular complexity index is 542. The molecule has 1 aromatic rings. The van der Waals surface area contributed by atoms with Gasteiger partial charge in [-0.05, 0) is 31.9 Å². The number of carbonyl (C=O) groups is 2. The number of nitrogens with one attached hydrogen (secondary N) is 1. The number of para-hydroxylation sites is 2. The van der Waals surface area contributed by atoms with E-state index in [2.05, 4.69) is 5.32 Å². The minimum atomic E-state index is -0.574. The van der Waals surface area contributed by atoms with E-state index >= 15 is 0 Å². The molecule has 0 unspecified atom stereocenters. The Kier molecular flexibility index (Phi) is 4.50. The first-order valence-electron chi connectivity index (χ1n) is 7.26. The molecule has 1 aliphatic rings. The summed E-state index contributed by atoms with van der Waals surface area (Å²) in [6.45, 7) is 7.76. The summed E-state index contributed by atoms with van der Waals surface area (Å²) in [5.74, 6) is 0.629. The van der Waals surface area contributed by atoms with Crippen LogP contribution >= 0.6 is 0 Å². The van der Waals surface area contributed by atoms with Gasteiger partial charge >= 0.3 is 0 Å². The van der Waals surface area contributed by atoms with Gasteiger partial charge in [-0.2, -0.15) is 0 Å². The number of carbonyl (C=O) groups excluding carboxylic acids is 2. The number of rotatable bonds is 4. The summed E-state index contributed by atoms with van der Waals surface area (Å²) < 4.78 is 5.55. The maximum Gasteiger partial charge on any atom is 0.268 e. The van der Waals surface area contributed by atoms with Crippen molar-refractivity contribution in [3.8, 4) is 5.75 Å². The van der Waals surface area contributed by atoms with Gasteiger partial charge in [-0.3, -0.25) is 14.5 Å². The molecule has 0 saturated heterocycles. The third kappa shape index (κ3) is 3.35. The van der Waals surface area contributed by atoms with Crippen LogP contribution in [0.15, 0.2) is 24.3 Å². The van der Waals surface area contributed by atoms with Crippen LogP contribution in [0.3, 0.4) is 0 Å². The molecule has 2 rings (SSSR count). The van der Waals surface area contributed by atoms with E-state index in [0.717, 1.165) is 0 Å². The van der Waals surface area contributed by atoms with Gasteiger partial charge in [0.2, 0.25) is 5.91 Å². The lowest BCUT2D eigenvalue weighted by molar-refractivity contribution is -0.128. The fourth-order valence-corrected chi connectivity index (χ4v) is 2.13. The van der Waals surface area contributed by atoms with Crippen molar-refractivity contribution in [2.75, 3.05) is 11.4 Å². The summed E-state index contributed by atoms with van der Waals surface area (Å²) in [5, 5.41) is 2.92. The second-order valence-electron chi connectivity index (χ2n) is 5.75. The van der Waals surface area contributed by atoms with Gasteiger partial charge in [0.05, 0.1) is 5.69 Å². The van der Waals surface area contributed by atoms with Crippen molar-refractivity contribution >= 4 is 17.5 Å². The van der Waals surface area contributed by atoms with E-state index in [1.807, 2.05) is 32.9 Å². The lowest BCUT2D eigenvalue weighted by Crippen LogP contribution is -2.50. The number of hydrogen-bond acceptors (Lipinski definition) is 3. The van der Waals surface area contributed by atoms with Gasteiger partial charge in [0.1, 0.15) is 12.3 Å². The first-order valence-corrected chi connectivity index (χ1v) is 7.26. The number of amides is 2. The highest BCUT2D eigenvalue weighted by atomic mass is 16.5. The van der Waals surface area contributed by atoms with E-state index in [1.165, 1.54) is 4.90 Å². The van der Waals surface area contributed by atoms with Crippen molar-refractivity contribution in [1.29, 1.82) is 0 Å². The number of anilines is 1. The van der Waals surface area contributed by atoms with Gasteiger partial charge in [-0.1, -0.05) is 26.0 Å². The molecule has 2 amide bonds. The molecule has 1 aliphatic heterocycles. The van der Waals surface area contributed by atoms with Gasteiger partial charge in [-0.25, -0.2) is 0 Å². The zero-order valence-electron chi connectivity index (χ0n) is 12.9. The summed E-state index contributed by atoms with van der Waals surface area (Å²) in [4.78, 5) is 25.9. The third-order valence-electron chi connectivity index (χ3n) is 3.76. The number of nitrogens with zero attached hydrogens (tertiary/aromatic N) is 1. The Morgan fingerprint density at radius 2 is 2.00 bits per heavy atom. The monoisotopic (exact) mass is 290 g/mol. The maximum atomic E-state index is 12.3. The van der Waals surface area contributed by atoms with Gasteiger partial charge in [0, 0.05) is 6.04 Å². The largest absolute Gasteiger partial charge is 0.479 e. The molecule has 5 nitrogen and oxygen atoms in total. The van der Waals surface area contributed by atoms with Crippen molar-refractivity contribution in [3.63, 3.8) is 0 Å². The zero-order valence-corrected chi connectivity index (χ0v) is 12.9. The molecule has 2 atom stereocenters. The van der Waals surface area contributed by atoms with Crippen molar-refractivity contribution in [1.82, 2.24) is 5.32 Å². The maximum absolute atomic E-state index is 12.3. The quantitative estimate of drug-likeness (QED) is 0.922. The molecule has 21 heavy (non-hydrogen) atoms. The molecule has 1 N–H and O–H groups in total. The lowest BCUT2D eigenvalue weighted by atomic mass is 10.1. The summed E-state index contributed by atoms with van der Waals surface area (Å²) in [7, 11) is 0. The molecule has 1 aromatic carbocycles. The molecule has 114 valence electrons. The van der Waals surface area contributed by atoms with E-state index in [-0.39, 0.29) is 24.4 Å². The molecular weight excluding hydrogens is 268 g/mol. The summed E-state index contributed by atoms with van der Waals surface area (Å²) >= 11 is 0. The molecular formula is C16H22N2O3. The van der Waals surface area contributed by atoms with Crippen molar-refractivity contribution in [2.24, 2.45) is 5.92 Å². The van der Waals surface area contributed by atoms with Crippen LogP contribution in [-0.2, 0) is 9.59 Å². The molecule has 0 radical (unpaired) electrons. The fraction of sp³-hybridized carbons (Fsp3) is 0.500. The minimum absolute atomic E-state index is 0.0145. The van der Waals surface area contributed by atoms with Crippen molar-refractivity contribution < 1.29 is 14.3 Å². The highest BCUT2D eigenvalue weighted by Gasteiger charge is 2.32. The first-order chi connectivity index (χ1) is 9.90. The number of hydrogen-bond donors (Lipinski definition) is 1. The number of benzene rings is 1. The Balaban J connectivity index is 2.15. The highest BCUT2D eigenvalue weighted by molar-refractivity contribution is 6.03. The van der Waals surface area contributed by atoms with Crippen LogP contribution < -0.4 is 15.0 Å². The normalized spacial score (nSPS) is 19.0. The average Bonchev–Trinajstić information content (AvgIpc) is 2.43. The second kappa shape index (κ2) is 6.16. The predicted molar refractivity (Wildman–Crippen MR) is 81.3 cm³/mol. The van der Waals surface area contributed by atoms with Crippen molar-refractivity contribution in [3.05, 3.63) is 24.3 Å². The SMILES string of the molecule is CC(C)[C@@H](C)NC(=O)CN1C(=O)[C@H](C)Oc2ccccc21. The lowest BCUT2D eigenvalue weighted by Gasteiger charge is -2.32. The molecule has 0 aliphatic carbocycles. The topological polar surface area (TPSA) is 58.6 Å². The van der Waals surface area contributed by atoms with Gasteiger partial charge < -0.3 is 10.1 Å². The zero-order chi connectivity index (χ0) is 15.6. The molecule has 5 heteroatoms. The Labute approximate surface area is 125 Å². The molecule has 1 heterocycles. The van der Waals surface area contributed by atoms with E-state index in [1.54, 1.807) is 19.1 Å². The Morgan fingerprint density at radius 3 is 2.67 bits per heavy atom. The highest BCUT2D eigenvalue weighted by Crippen LogP contribution is 2.33. The van der Waals surface area contributed by atoms with Crippen LogP contribution in [0, 0.1) is 5.92 Å². The number of fused-ring (bicyclic) bond motifs is 1. The predicted octanol–water partition coefficient (Wildman–Crippen LogP) is 1.96. The first kappa shape index (κ1) is 15.4. The molecule has 0 aromatic heterocycles. The molecule has 0 bridgehead atoms. The fourth-order valence-electron chi connectivity index (χ4n) is 2.13. The summed E-state index contributed by atoms with van der Waals surface area (Å²) in [6, 6.07) is 7.34. The van der Waals surface area contributed by atoms with Crippen LogP contribution in [0.1, 0.15) is 27.7 Å². The van der Waals surface area contributed by atoms with Gasteiger partial charge in [0.15, 0.2) is 6.10 Å². The van der Waals surface area contributed by atoms with E-state index in [9.17, 15) is 9.59 Å². The third-order valence-corrected chi connectivity index (χ3v) is 3.76. The Morgan fingerprint density at radius 1 is 1.33 bits per heavy atom. The Hall–Kier alpha value is -2.04. The standard InChI is InChI=1S/C16H22N2O3/c1-10(2)11(3)17-15(19)9-18-13-7-5-6-8-14(13)21-12(4)16(18)20/h5-8,10-12H,9H2,1-4H3,(H,17,19)/t11-,12+/m1/s1. The van der Waals surface area contributed by atoms with Crippen molar-refractivity contribution in [2.45, 2.75) is 39.8 Å². The second-order valence-corrected chi connectivity index (χ2v) is 5.75. The van der Waals surface area contributed by atoms with Crippen LogP contribution in [0.2, 0.25) is 0 Å². The molecule has 0 saturated carbocycles. The molecule has 0 fully saturated rings. The average molecular weight is 290 g/mol. The minimum Gasteiger partial charge on any atom is -0.479 e. The van der Waals surface area contributed by atoms with Crippen LogP contribution in [-0.4, -0.2) is 30.5 Å². The van der Waals surface area contributed by atoms with E-state index in [0.29, 0.717) is 17.4 Å². The smallest absolute Gasteiger partial charge is 0.268 e. The van der Waals surface area contributed by atoms with Crippen LogP contribution in [0.5, 0.6) is 5.75 Å². The van der Waals surface area contributed by atoms with Crippen LogP contribution in [0.4, 0.5) is 5.69 Å². The van der Waals surface area contributed by atoms with Crippen LogP contribution in [0.25, 0.3) is 0 Å².